The lowest BCUT2D eigenvalue weighted by molar-refractivity contribution is 0.0922. The minimum absolute atomic E-state index is 0.00504. The van der Waals surface area contributed by atoms with Crippen molar-refractivity contribution >= 4 is 29.2 Å². The second-order valence-electron chi connectivity index (χ2n) is 4.26. The highest BCUT2D eigenvalue weighted by atomic mass is 35.5. The first-order valence-corrected chi connectivity index (χ1v) is 6.57. The highest BCUT2D eigenvalue weighted by Crippen LogP contribution is 2.19. The summed E-state index contributed by atoms with van der Waals surface area (Å²) >= 11 is 5.67. The molecular weight excluding hydrogens is 336 g/mol. The third-order valence-electron chi connectivity index (χ3n) is 2.68. The molecule has 0 fully saturated rings. The molecule has 0 spiro atoms. The lowest BCUT2D eigenvalue weighted by Gasteiger charge is -2.08. The van der Waals surface area contributed by atoms with Gasteiger partial charge in [0, 0.05) is 13.1 Å². The standard InChI is InChI=1S/C12H10ClF2N5O3/c13-6-4-8(15)7(14)3-5(6)11(21)17-1-2-18-12(22)9-10(16)20-23-19-9/h3-4H,1-2H2,(H2,16,20)(H,17,21)(H,18,22). The molecule has 23 heavy (non-hydrogen) atoms. The van der Waals surface area contributed by atoms with Crippen LogP contribution in [0.1, 0.15) is 20.8 Å². The number of carbonyl (C=O) groups is 2. The third-order valence-corrected chi connectivity index (χ3v) is 2.99. The highest BCUT2D eigenvalue weighted by molar-refractivity contribution is 6.33. The number of nitrogen functional groups attached to an aromatic ring is 1. The normalized spacial score (nSPS) is 10.4. The molecule has 0 unspecified atom stereocenters. The number of amides is 2. The molecule has 0 saturated carbocycles. The number of nitrogens with zero attached hydrogens (tertiary/aromatic N) is 2. The highest BCUT2D eigenvalue weighted by Gasteiger charge is 2.16. The smallest absolute Gasteiger partial charge is 0.277 e. The van der Waals surface area contributed by atoms with E-state index in [1.807, 2.05) is 0 Å². The molecule has 0 saturated heterocycles. The van der Waals surface area contributed by atoms with E-state index >= 15 is 0 Å². The zero-order valence-electron chi connectivity index (χ0n) is 11.4. The van der Waals surface area contributed by atoms with Crippen LogP contribution in [0, 0.1) is 11.6 Å². The summed E-state index contributed by atoms with van der Waals surface area (Å²) in [5.74, 6) is -3.87. The van der Waals surface area contributed by atoms with E-state index in [1.54, 1.807) is 0 Å². The first-order chi connectivity index (χ1) is 10.9. The number of hydrogen-bond acceptors (Lipinski definition) is 6. The van der Waals surface area contributed by atoms with E-state index in [4.69, 9.17) is 17.3 Å². The van der Waals surface area contributed by atoms with Crippen molar-refractivity contribution in [1.29, 1.82) is 0 Å². The number of halogens is 3. The van der Waals surface area contributed by atoms with Crippen LogP contribution in [-0.2, 0) is 0 Å². The summed E-state index contributed by atoms with van der Waals surface area (Å²) in [6, 6.07) is 1.39. The van der Waals surface area contributed by atoms with Gasteiger partial charge in [0.1, 0.15) is 0 Å². The monoisotopic (exact) mass is 345 g/mol. The number of hydrogen-bond donors (Lipinski definition) is 3. The molecule has 0 aliphatic rings. The Morgan fingerprint density at radius 3 is 2.35 bits per heavy atom. The van der Waals surface area contributed by atoms with Gasteiger partial charge < -0.3 is 16.4 Å². The average molecular weight is 346 g/mol. The molecule has 0 radical (unpaired) electrons. The molecule has 8 nitrogen and oxygen atoms in total. The topological polar surface area (TPSA) is 123 Å². The van der Waals surface area contributed by atoms with E-state index in [1.165, 1.54) is 0 Å². The Morgan fingerprint density at radius 1 is 1.13 bits per heavy atom. The second kappa shape index (κ2) is 7.01. The molecule has 1 heterocycles. The van der Waals surface area contributed by atoms with Crippen LogP contribution in [-0.4, -0.2) is 35.2 Å². The second-order valence-corrected chi connectivity index (χ2v) is 4.66. The number of nitrogens with one attached hydrogen (secondary N) is 2. The molecule has 2 rings (SSSR count). The zero-order chi connectivity index (χ0) is 17.0. The molecule has 11 heteroatoms. The van der Waals surface area contributed by atoms with Crippen molar-refractivity contribution in [2.45, 2.75) is 0 Å². The molecule has 0 bridgehead atoms. The molecule has 1 aromatic carbocycles. The largest absolute Gasteiger partial charge is 0.379 e. The maximum absolute atomic E-state index is 13.1. The van der Waals surface area contributed by atoms with Gasteiger partial charge in [0.15, 0.2) is 11.6 Å². The van der Waals surface area contributed by atoms with E-state index in [9.17, 15) is 18.4 Å². The van der Waals surface area contributed by atoms with Gasteiger partial charge in [-0.3, -0.25) is 9.59 Å². The predicted molar refractivity (Wildman–Crippen MR) is 74.7 cm³/mol. The van der Waals surface area contributed by atoms with Crippen LogP contribution in [0.4, 0.5) is 14.6 Å². The average Bonchev–Trinajstić information content (AvgIpc) is 2.93. The number of aromatic nitrogens is 2. The molecular formula is C12H10ClF2N5O3. The van der Waals surface area contributed by atoms with E-state index in [2.05, 4.69) is 25.6 Å². The molecule has 1 aromatic heterocycles. The van der Waals surface area contributed by atoms with E-state index in [-0.39, 0.29) is 35.2 Å². The Bertz CT molecular complexity index is 752. The number of benzene rings is 1. The van der Waals surface area contributed by atoms with Gasteiger partial charge in [0.2, 0.25) is 11.5 Å². The van der Waals surface area contributed by atoms with Gasteiger partial charge in [-0.25, -0.2) is 13.4 Å². The van der Waals surface area contributed by atoms with E-state index in [0.717, 1.165) is 0 Å². The molecule has 2 amide bonds. The number of carbonyl (C=O) groups excluding carboxylic acids is 2. The molecule has 4 N–H and O–H groups in total. The Kier molecular flexibility index (Phi) is 5.06. The Morgan fingerprint density at radius 2 is 1.74 bits per heavy atom. The van der Waals surface area contributed by atoms with E-state index in [0.29, 0.717) is 12.1 Å². The quantitative estimate of drug-likeness (QED) is 0.542. The van der Waals surface area contributed by atoms with Gasteiger partial charge in [-0.05, 0) is 22.4 Å². The zero-order valence-corrected chi connectivity index (χ0v) is 12.2. The van der Waals surface area contributed by atoms with E-state index < -0.39 is 23.4 Å². The molecule has 0 aliphatic carbocycles. The summed E-state index contributed by atoms with van der Waals surface area (Å²) in [4.78, 5) is 23.4. The summed E-state index contributed by atoms with van der Waals surface area (Å²) in [6.45, 7) is 0.0310. The molecule has 2 aromatic rings. The third kappa shape index (κ3) is 3.92. The van der Waals surface area contributed by atoms with Crippen LogP contribution in [0.5, 0.6) is 0 Å². The van der Waals surface area contributed by atoms with Crippen molar-refractivity contribution in [3.63, 3.8) is 0 Å². The summed E-state index contributed by atoms with van der Waals surface area (Å²) in [6.07, 6.45) is 0. The number of anilines is 1. The minimum Gasteiger partial charge on any atom is -0.379 e. The summed E-state index contributed by atoms with van der Waals surface area (Å²) in [7, 11) is 0. The van der Waals surface area contributed by atoms with Gasteiger partial charge in [0.05, 0.1) is 10.6 Å². The van der Waals surface area contributed by atoms with Crippen LogP contribution in [0.15, 0.2) is 16.8 Å². The maximum Gasteiger partial charge on any atom is 0.277 e. The summed E-state index contributed by atoms with van der Waals surface area (Å²) < 4.78 is 30.3. The number of nitrogens with two attached hydrogens (primary N) is 1. The van der Waals surface area contributed by atoms with Crippen LogP contribution in [0.2, 0.25) is 5.02 Å². The van der Waals surface area contributed by atoms with Crippen molar-refractivity contribution in [3.8, 4) is 0 Å². The Hall–Kier alpha value is -2.75. The van der Waals surface area contributed by atoms with Gasteiger partial charge >= 0.3 is 0 Å². The van der Waals surface area contributed by atoms with Crippen LogP contribution in [0.25, 0.3) is 0 Å². The van der Waals surface area contributed by atoms with Crippen molar-refractivity contribution in [1.82, 2.24) is 20.9 Å². The van der Waals surface area contributed by atoms with Gasteiger partial charge in [0.25, 0.3) is 11.8 Å². The molecule has 0 aliphatic heterocycles. The fraction of sp³-hybridized carbons (Fsp3) is 0.167. The Balaban J connectivity index is 1.85. The molecule has 0 atom stereocenters. The van der Waals surface area contributed by atoms with Crippen LogP contribution >= 0.6 is 11.6 Å². The Labute approximate surface area is 132 Å². The van der Waals surface area contributed by atoms with Crippen molar-refractivity contribution in [2.24, 2.45) is 0 Å². The summed E-state index contributed by atoms with van der Waals surface area (Å²) in [5, 5.41) is 11.1. The summed E-state index contributed by atoms with van der Waals surface area (Å²) in [5.41, 5.74) is 4.93. The van der Waals surface area contributed by atoms with Crippen molar-refractivity contribution in [2.75, 3.05) is 18.8 Å². The van der Waals surface area contributed by atoms with Crippen molar-refractivity contribution < 1.29 is 23.0 Å². The first kappa shape index (κ1) is 16.6. The predicted octanol–water partition coefficient (Wildman–Crippen LogP) is 0.743. The lowest BCUT2D eigenvalue weighted by Crippen LogP contribution is -2.35. The number of rotatable bonds is 5. The van der Waals surface area contributed by atoms with Gasteiger partial charge in [-0.15, -0.1) is 0 Å². The molecule has 122 valence electrons. The van der Waals surface area contributed by atoms with Gasteiger partial charge in [-0.2, -0.15) is 0 Å². The maximum atomic E-state index is 13.1. The first-order valence-electron chi connectivity index (χ1n) is 6.19. The van der Waals surface area contributed by atoms with Crippen LogP contribution in [0.3, 0.4) is 0 Å². The minimum atomic E-state index is -1.19. The van der Waals surface area contributed by atoms with Crippen LogP contribution < -0.4 is 16.4 Å². The SMILES string of the molecule is Nc1nonc1C(=O)NCCNC(=O)c1cc(F)c(F)cc1Cl. The fourth-order valence-corrected chi connectivity index (χ4v) is 1.82. The fourth-order valence-electron chi connectivity index (χ4n) is 1.58. The van der Waals surface area contributed by atoms with Gasteiger partial charge in [-0.1, -0.05) is 11.6 Å². The van der Waals surface area contributed by atoms with Crippen molar-refractivity contribution in [3.05, 3.63) is 40.0 Å². The lowest BCUT2D eigenvalue weighted by atomic mass is 10.2.